The van der Waals surface area contributed by atoms with Gasteiger partial charge in [-0.1, -0.05) is 6.92 Å². The van der Waals surface area contributed by atoms with Crippen molar-refractivity contribution in [2.24, 2.45) is 0 Å². The van der Waals surface area contributed by atoms with E-state index >= 15 is 0 Å². The highest BCUT2D eigenvalue weighted by Gasteiger charge is 2.15. The maximum Gasteiger partial charge on any atom is 0.0207 e. The van der Waals surface area contributed by atoms with Gasteiger partial charge in [-0.05, 0) is 40.0 Å². The molecule has 0 amide bonds. The van der Waals surface area contributed by atoms with Gasteiger partial charge in [0.05, 0.1) is 0 Å². The number of hydrogen-bond donors (Lipinski definition) is 1. The van der Waals surface area contributed by atoms with Crippen LogP contribution in [-0.2, 0) is 0 Å². The number of likely N-dealkylation sites (N-methyl/N-ethyl adjacent to an activating group) is 1. The Balaban J connectivity index is 2.10. The molecular weight excluding hydrogens is 174 g/mol. The van der Waals surface area contributed by atoms with E-state index in [1.54, 1.807) is 0 Å². The molecule has 1 unspecified atom stereocenters. The molecule has 1 rings (SSSR count). The highest BCUT2D eigenvalue weighted by atomic mass is 15.2. The Bertz CT molecular complexity index is 149. The average molecular weight is 199 g/mol. The van der Waals surface area contributed by atoms with E-state index in [1.807, 2.05) is 0 Å². The van der Waals surface area contributed by atoms with Crippen molar-refractivity contribution in [1.82, 2.24) is 15.1 Å². The Morgan fingerprint density at radius 3 is 2.86 bits per heavy atom. The first-order valence-corrected chi connectivity index (χ1v) is 5.83. The van der Waals surface area contributed by atoms with Gasteiger partial charge >= 0.3 is 0 Å². The molecule has 0 bridgehead atoms. The van der Waals surface area contributed by atoms with Crippen LogP contribution in [-0.4, -0.2) is 62.7 Å². The fourth-order valence-electron chi connectivity index (χ4n) is 2.05. The fourth-order valence-corrected chi connectivity index (χ4v) is 2.05. The third-order valence-electron chi connectivity index (χ3n) is 2.92. The molecule has 1 fully saturated rings. The van der Waals surface area contributed by atoms with Gasteiger partial charge in [-0.25, -0.2) is 0 Å². The van der Waals surface area contributed by atoms with Gasteiger partial charge in [-0.3, -0.25) is 0 Å². The van der Waals surface area contributed by atoms with Gasteiger partial charge < -0.3 is 15.1 Å². The molecule has 0 spiro atoms. The lowest BCUT2D eigenvalue weighted by molar-refractivity contribution is 0.214. The maximum absolute atomic E-state index is 3.58. The molecule has 3 heteroatoms. The summed E-state index contributed by atoms with van der Waals surface area (Å²) < 4.78 is 0. The summed E-state index contributed by atoms with van der Waals surface area (Å²) in [5.41, 5.74) is 0. The summed E-state index contributed by atoms with van der Waals surface area (Å²) in [6, 6.07) is 0.702. The molecule has 0 saturated carbocycles. The van der Waals surface area contributed by atoms with Gasteiger partial charge in [-0.15, -0.1) is 0 Å². The molecule has 0 aromatic heterocycles. The standard InChI is InChI=1S/C11H25N3/c1-4-7-13(2)8-5-11-10-14(3)9-6-12-11/h11-12H,4-10H2,1-3H3. The summed E-state index contributed by atoms with van der Waals surface area (Å²) in [4.78, 5) is 4.84. The Labute approximate surface area is 88.5 Å². The van der Waals surface area contributed by atoms with Crippen LogP contribution >= 0.6 is 0 Å². The van der Waals surface area contributed by atoms with Gasteiger partial charge in [0, 0.05) is 25.7 Å². The van der Waals surface area contributed by atoms with E-state index in [0.29, 0.717) is 6.04 Å². The molecule has 1 saturated heterocycles. The number of rotatable bonds is 5. The van der Waals surface area contributed by atoms with Crippen LogP contribution in [0, 0.1) is 0 Å². The van der Waals surface area contributed by atoms with Gasteiger partial charge in [-0.2, -0.15) is 0 Å². The molecule has 14 heavy (non-hydrogen) atoms. The summed E-state index contributed by atoms with van der Waals surface area (Å²) in [5, 5.41) is 3.58. The molecule has 3 nitrogen and oxygen atoms in total. The van der Waals surface area contributed by atoms with E-state index in [9.17, 15) is 0 Å². The Morgan fingerprint density at radius 1 is 1.43 bits per heavy atom. The molecule has 84 valence electrons. The minimum atomic E-state index is 0.702. The average Bonchev–Trinajstić information content (AvgIpc) is 2.15. The normalized spacial score (nSPS) is 24.4. The molecule has 1 heterocycles. The summed E-state index contributed by atoms with van der Waals surface area (Å²) in [6.07, 6.45) is 2.54. The van der Waals surface area contributed by atoms with Crippen molar-refractivity contribution in [3.8, 4) is 0 Å². The molecule has 1 atom stereocenters. The third-order valence-corrected chi connectivity index (χ3v) is 2.92. The Morgan fingerprint density at radius 2 is 2.21 bits per heavy atom. The molecular formula is C11H25N3. The molecule has 0 aromatic rings. The van der Waals surface area contributed by atoms with Crippen molar-refractivity contribution in [2.75, 3.05) is 46.8 Å². The lowest BCUT2D eigenvalue weighted by Gasteiger charge is -2.31. The smallest absolute Gasteiger partial charge is 0.0207 e. The van der Waals surface area contributed by atoms with Crippen LogP contribution in [0.1, 0.15) is 19.8 Å². The van der Waals surface area contributed by atoms with E-state index in [4.69, 9.17) is 0 Å². The first-order chi connectivity index (χ1) is 6.72. The van der Waals surface area contributed by atoms with E-state index in [-0.39, 0.29) is 0 Å². The van der Waals surface area contributed by atoms with Crippen molar-refractivity contribution < 1.29 is 0 Å². The zero-order chi connectivity index (χ0) is 10.4. The lowest BCUT2D eigenvalue weighted by Crippen LogP contribution is -2.49. The van der Waals surface area contributed by atoms with Crippen LogP contribution in [0.4, 0.5) is 0 Å². The predicted octanol–water partition coefficient (Wildman–Crippen LogP) is 0.622. The lowest BCUT2D eigenvalue weighted by atomic mass is 10.1. The number of piperazine rings is 1. The summed E-state index contributed by atoms with van der Waals surface area (Å²) in [5.74, 6) is 0. The number of hydrogen-bond acceptors (Lipinski definition) is 3. The van der Waals surface area contributed by atoms with Crippen LogP contribution in [0.2, 0.25) is 0 Å². The fraction of sp³-hybridized carbons (Fsp3) is 1.00. The third kappa shape index (κ3) is 4.40. The highest BCUT2D eigenvalue weighted by molar-refractivity contribution is 4.77. The SMILES string of the molecule is CCCN(C)CCC1CN(C)CCN1. The molecule has 0 aromatic carbocycles. The van der Waals surface area contributed by atoms with Crippen LogP contribution in [0.15, 0.2) is 0 Å². The summed E-state index contributed by atoms with van der Waals surface area (Å²) in [7, 11) is 4.43. The first kappa shape index (κ1) is 12.0. The minimum Gasteiger partial charge on any atom is -0.311 e. The molecule has 0 aliphatic carbocycles. The first-order valence-electron chi connectivity index (χ1n) is 5.83. The van der Waals surface area contributed by atoms with Crippen LogP contribution in [0.5, 0.6) is 0 Å². The van der Waals surface area contributed by atoms with Crippen molar-refractivity contribution in [1.29, 1.82) is 0 Å². The summed E-state index contributed by atoms with van der Waals surface area (Å²) >= 11 is 0. The van der Waals surface area contributed by atoms with Crippen molar-refractivity contribution >= 4 is 0 Å². The monoisotopic (exact) mass is 199 g/mol. The zero-order valence-corrected chi connectivity index (χ0v) is 9.92. The van der Waals surface area contributed by atoms with E-state index < -0.39 is 0 Å². The maximum atomic E-state index is 3.58. The zero-order valence-electron chi connectivity index (χ0n) is 9.92. The largest absolute Gasteiger partial charge is 0.311 e. The van der Waals surface area contributed by atoms with Gasteiger partial charge in [0.25, 0.3) is 0 Å². The van der Waals surface area contributed by atoms with E-state index in [2.05, 4.69) is 36.1 Å². The summed E-state index contributed by atoms with van der Waals surface area (Å²) in [6.45, 7) is 8.24. The Kier molecular flexibility index (Phi) is 5.45. The molecule has 1 N–H and O–H groups in total. The van der Waals surface area contributed by atoms with E-state index in [1.165, 1.54) is 39.0 Å². The second-order valence-corrected chi connectivity index (χ2v) is 4.51. The molecule has 1 aliphatic heterocycles. The van der Waals surface area contributed by atoms with Crippen molar-refractivity contribution in [3.05, 3.63) is 0 Å². The highest BCUT2D eigenvalue weighted by Crippen LogP contribution is 2.01. The molecule has 0 radical (unpaired) electrons. The number of nitrogens with zero attached hydrogens (tertiary/aromatic N) is 2. The van der Waals surface area contributed by atoms with Crippen molar-refractivity contribution in [3.63, 3.8) is 0 Å². The van der Waals surface area contributed by atoms with Crippen LogP contribution < -0.4 is 5.32 Å². The van der Waals surface area contributed by atoms with Gasteiger partial charge in [0.1, 0.15) is 0 Å². The predicted molar refractivity (Wildman–Crippen MR) is 61.7 cm³/mol. The van der Waals surface area contributed by atoms with Crippen LogP contribution in [0.25, 0.3) is 0 Å². The van der Waals surface area contributed by atoms with E-state index in [0.717, 1.165) is 6.54 Å². The van der Waals surface area contributed by atoms with Gasteiger partial charge in [0.15, 0.2) is 0 Å². The topological polar surface area (TPSA) is 18.5 Å². The second-order valence-electron chi connectivity index (χ2n) is 4.51. The minimum absolute atomic E-state index is 0.702. The van der Waals surface area contributed by atoms with Gasteiger partial charge in [0.2, 0.25) is 0 Å². The quantitative estimate of drug-likeness (QED) is 0.700. The molecule has 1 aliphatic rings. The Hall–Kier alpha value is -0.120. The number of nitrogens with one attached hydrogen (secondary N) is 1. The second kappa shape index (κ2) is 6.38. The van der Waals surface area contributed by atoms with Crippen LogP contribution in [0.3, 0.4) is 0 Å². The van der Waals surface area contributed by atoms with Crippen molar-refractivity contribution in [2.45, 2.75) is 25.8 Å².